The molecule has 0 aromatic heterocycles. The highest BCUT2D eigenvalue weighted by Gasteiger charge is 2.25. The SMILES string of the molecule is C[Si](C)(c1ccccc1)c1ccc(Oc2ccc(Br)cc2)cc1. The molecule has 23 heavy (non-hydrogen) atoms. The fourth-order valence-electron chi connectivity index (χ4n) is 2.60. The van der Waals surface area contributed by atoms with E-state index in [1.165, 1.54) is 10.4 Å². The van der Waals surface area contributed by atoms with Crippen molar-refractivity contribution in [3.63, 3.8) is 0 Å². The Hall–Kier alpha value is -1.84. The number of hydrogen-bond donors (Lipinski definition) is 0. The average Bonchev–Trinajstić information content (AvgIpc) is 2.58. The minimum atomic E-state index is -1.64. The first-order valence-electron chi connectivity index (χ1n) is 7.65. The van der Waals surface area contributed by atoms with Crippen molar-refractivity contribution in [1.82, 2.24) is 0 Å². The fourth-order valence-corrected chi connectivity index (χ4v) is 5.22. The Morgan fingerprint density at radius 3 is 1.70 bits per heavy atom. The van der Waals surface area contributed by atoms with E-state index in [9.17, 15) is 0 Å². The predicted octanol–water partition coefficient (Wildman–Crippen LogP) is 5.06. The highest BCUT2D eigenvalue weighted by atomic mass is 79.9. The summed E-state index contributed by atoms with van der Waals surface area (Å²) >= 11 is 3.43. The molecule has 0 aliphatic heterocycles. The van der Waals surface area contributed by atoms with Crippen molar-refractivity contribution in [2.45, 2.75) is 13.1 Å². The van der Waals surface area contributed by atoms with Gasteiger partial charge in [-0.2, -0.15) is 0 Å². The zero-order chi connectivity index (χ0) is 16.3. The third-order valence-electron chi connectivity index (χ3n) is 4.12. The van der Waals surface area contributed by atoms with E-state index < -0.39 is 8.07 Å². The first kappa shape index (κ1) is 16.0. The van der Waals surface area contributed by atoms with Gasteiger partial charge in [0.25, 0.3) is 0 Å². The molecule has 0 atom stereocenters. The molecule has 0 N–H and O–H groups in total. The molecule has 0 amide bonds. The highest BCUT2D eigenvalue weighted by molar-refractivity contribution is 9.10. The van der Waals surface area contributed by atoms with Crippen molar-refractivity contribution in [3.8, 4) is 11.5 Å². The van der Waals surface area contributed by atoms with Crippen molar-refractivity contribution in [1.29, 1.82) is 0 Å². The van der Waals surface area contributed by atoms with Gasteiger partial charge in [0, 0.05) is 4.47 Å². The topological polar surface area (TPSA) is 9.23 Å². The number of ether oxygens (including phenoxy) is 1. The maximum absolute atomic E-state index is 5.90. The van der Waals surface area contributed by atoms with Gasteiger partial charge in [-0.3, -0.25) is 0 Å². The molecule has 0 aliphatic rings. The molecule has 0 saturated heterocycles. The van der Waals surface area contributed by atoms with Crippen LogP contribution in [-0.2, 0) is 0 Å². The Morgan fingerprint density at radius 1 is 0.652 bits per heavy atom. The smallest absolute Gasteiger partial charge is 0.127 e. The minimum absolute atomic E-state index is 0.848. The van der Waals surface area contributed by atoms with Crippen LogP contribution in [0.3, 0.4) is 0 Å². The lowest BCUT2D eigenvalue weighted by Crippen LogP contribution is -2.52. The Morgan fingerprint density at radius 2 is 1.13 bits per heavy atom. The zero-order valence-corrected chi connectivity index (χ0v) is 15.9. The Bertz CT molecular complexity index is 765. The molecule has 0 unspecified atom stereocenters. The second kappa shape index (κ2) is 6.73. The molecular weight excluding hydrogens is 364 g/mol. The van der Waals surface area contributed by atoms with Crippen molar-refractivity contribution in [2.24, 2.45) is 0 Å². The van der Waals surface area contributed by atoms with Gasteiger partial charge in [-0.05, 0) is 36.4 Å². The minimum Gasteiger partial charge on any atom is -0.457 e. The second-order valence-electron chi connectivity index (χ2n) is 6.07. The van der Waals surface area contributed by atoms with Crippen LogP contribution >= 0.6 is 15.9 Å². The van der Waals surface area contributed by atoms with Crippen LogP contribution in [0, 0.1) is 0 Å². The van der Waals surface area contributed by atoms with Gasteiger partial charge in [-0.1, -0.05) is 81.9 Å². The van der Waals surface area contributed by atoms with Gasteiger partial charge in [0.15, 0.2) is 0 Å². The van der Waals surface area contributed by atoms with Crippen molar-refractivity contribution < 1.29 is 4.74 Å². The Balaban J connectivity index is 1.80. The van der Waals surface area contributed by atoms with Gasteiger partial charge < -0.3 is 4.74 Å². The largest absolute Gasteiger partial charge is 0.457 e. The van der Waals surface area contributed by atoms with Crippen LogP contribution in [0.15, 0.2) is 83.3 Å². The highest BCUT2D eigenvalue weighted by Crippen LogP contribution is 2.22. The first-order chi connectivity index (χ1) is 11.1. The lowest BCUT2D eigenvalue weighted by Gasteiger charge is -2.23. The number of rotatable bonds is 4. The van der Waals surface area contributed by atoms with Crippen molar-refractivity contribution in [2.75, 3.05) is 0 Å². The molecule has 3 aromatic carbocycles. The zero-order valence-electron chi connectivity index (χ0n) is 13.3. The average molecular weight is 383 g/mol. The normalized spacial score (nSPS) is 11.3. The van der Waals surface area contributed by atoms with Crippen LogP contribution in [-0.4, -0.2) is 8.07 Å². The maximum atomic E-state index is 5.90. The Labute approximate surface area is 147 Å². The predicted molar refractivity (Wildman–Crippen MR) is 104 cm³/mol. The molecule has 0 bridgehead atoms. The molecular formula is C20H19BrOSi. The molecule has 3 rings (SSSR count). The quantitative estimate of drug-likeness (QED) is 0.572. The van der Waals surface area contributed by atoms with E-state index in [-0.39, 0.29) is 0 Å². The van der Waals surface area contributed by atoms with Gasteiger partial charge >= 0.3 is 0 Å². The van der Waals surface area contributed by atoms with Crippen LogP contribution in [0.4, 0.5) is 0 Å². The number of hydrogen-bond acceptors (Lipinski definition) is 1. The molecule has 3 heteroatoms. The summed E-state index contributed by atoms with van der Waals surface area (Å²) in [6.45, 7) is 4.76. The van der Waals surface area contributed by atoms with E-state index >= 15 is 0 Å². The molecule has 0 fully saturated rings. The number of benzene rings is 3. The van der Waals surface area contributed by atoms with E-state index in [0.29, 0.717) is 0 Å². The standard InChI is InChI=1S/C20H19BrOSi/c1-23(2,19-6-4-3-5-7-19)20-14-12-18(13-15-20)22-17-10-8-16(21)9-11-17/h3-15H,1-2H3. The molecule has 116 valence electrons. The van der Waals surface area contributed by atoms with Crippen LogP contribution in [0.25, 0.3) is 0 Å². The van der Waals surface area contributed by atoms with Crippen LogP contribution < -0.4 is 15.1 Å². The Kier molecular flexibility index (Phi) is 4.69. The molecule has 0 aliphatic carbocycles. The lowest BCUT2D eigenvalue weighted by molar-refractivity contribution is 0.483. The van der Waals surface area contributed by atoms with Crippen LogP contribution in [0.1, 0.15) is 0 Å². The summed E-state index contributed by atoms with van der Waals surface area (Å²) < 4.78 is 6.95. The van der Waals surface area contributed by atoms with E-state index in [4.69, 9.17) is 4.74 Å². The monoisotopic (exact) mass is 382 g/mol. The molecule has 0 radical (unpaired) electrons. The summed E-state index contributed by atoms with van der Waals surface area (Å²) in [7, 11) is -1.64. The summed E-state index contributed by atoms with van der Waals surface area (Å²) in [5, 5.41) is 2.86. The summed E-state index contributed by atoms with van der Waals surface area (Å²) in [5.74, 6) is 1.72. The lowest BCUT2D eigenvalue weighted by atomic mass is 10.3. The summed E-state index contributed by atoms with van der Waals surface area (Å²) in [6, 6.07) is 27.2. The molecule has 0 heterocycles. The van der Waals surface area contributed by atoms with Gasteiger partial charge in [-0.15, -0.1) is 0 Å². The summed E-state index contributed by atoms with van der Waals surface area (Å²) in [4.78, 5) is 0. The van der Waals surface area contributed by atoms with Gasteiger partial charge in [0.05, 0.1) is 0 Å². The molecule has 1 nitrogen and oxygen atoms in total. The third kappa shape index (κ3) is 3.74. The van der Waals surface area contributed by atoms with E-state index in [1.807, 2.05) is 24.3 Å². The van der Waals surface area contributed by atoms with Gasteiger partial charge in [0.2, 0.25) is 0 Å². The van der Waals surface area contributed by atoms with E-state index in [2.05, 4.69) is 83.6 Å². The van der Waals surface area contributed by atoms with Gasteiger partial charge in [-0.25, -0.2) is 0 Å². The van der Waals surface area contributed by atoms with Crippen molar-refractivity contribution in [3.05, 3.63) is 83.3 Å². The van der Waals surface area contributed by atoms with Gasteiger partial charge in [0.1, 0.15) is 19.6 Å². The maximum Gasteiger partial charge on any atom is 0.127 e. The van der Waals surface area contributed by atoms with E-state index in [1.54, 1.807) is 0 Å². The summed E-state index contributed by atoms with van der Waals surface area (Å²) in [6.07, 6.45) is 0. The van der Waals surface area contributed by atoms with Crippen molar-refractivity contribution >= 4 is 34.4 Å². The molecule has 0 saturated carbocycles. The first-order valence-corrected chi connectivity index (χ1v) is 11.4. The summed E-state index contributed by atoms with van der Waals surface area (Å²) in [5.41, 5.74) is 0. The van der Waals surface area contributed by atoms with Crippen LogP contribution in [0.5, 0.6) is 11.5 Å². The van der Waals surface area contributed by atoms with E-state index in [0.717, 1.165) is 16.0 Å². The third-order valence-corrected chi connectivity index (χ3v) is 8.20. The fraction of sp³-hybridized carbons (Fsp3) is 0.100. The molecule has 0 spiro atoms. The second-order valence-corrected chi connectivity index (χ2v) is 11.4. The molecule has 3 aromatic rings. The van der Waals surface area contributed by atoms with Crippen LogP contribution in [0.2, 0.25) is 13.1 Å². The number of halogens is 1.